The summed E-state index contributed by atoms with van der Waals surface area (Å²) >= 11 is 0. The topological polar surface area (TPSA) is 75.2 Å². The van der Waals surface area contributed by atoms with Crippen molar-refractivity contribution in [2.45, 2.75) is 144 Å². The lowest BCUT2D eigenvalue weighted by molar-refractivity contribution is 0.0648. The van der Waals surface area contributed by atoms with E-state index in [4.69, 9.17) is 9.97 Å². The number of nitrogens with zero attached hydrogens (tertiary/aromatic N) is 3. The minimum atomic E-state index is -0.437. The molecule has 2 amide bonds. The van der Waals surface area contributed by atoms with Crippen molar-refractivity contribution in [3.05, 3.63) is 58.2 Å². The van der Waals surface area contributed by atoms with E-state index in [2.05, 4.69) is 93.6 Å². The molecule has 1 N–H and O–H groups in total. The maximum Gasteiger partial charge on any atom is 0.272 e. The van der Waals surface area contributed by atoms with Crippen molar-refractivity contribution in [1.82, 2.24) is 20.2 Å². The van der Waals surface area contributed by atoms with Crippen LogP contribution in [0.4, 0.5) is 0 Å². The Balaban J connectivity index is 2.28. The number of pyridine rings is 2. The van der Waals surface area contributed by atoms with Gasteiger partial charge in [-0.3, -0.25) is 9.59 Å². The summed E-state index contributed by atoms with van der Waals surface area (Å²) in [5.74, 6) is 0.262. The minimum absolute atomic E-state index is 0.0737. The van der Waals surface area contributed by atoms with Gasteiger partial charge in [-0.15, -0.1) is 0 Å². The fraction of sp³-hybridized carbons (Fsp3) is 0.657. The lowest BCUT2D eigenvalue weighted by atomic mass is 9.85. The maximum atomic E-state index is 13.4. The van der Waals surface area contributed by atoms with E-state index < -0.39 is 5.54 Å². The van der Waals surface area contributed by atoms with Crippen molar-refractivity contribution in [2.24, 2.45) is 0 Å². The zero-order valence-corrected chi connectivity index (χ0v) is 28.5. The molecule has 2 aromatic heterocycles. The number of carbonyl (C=O) groups is 2. The fourth-order valence-corrected chi connectivity index (χ4v) is 4.37. The molecule has 0 spiro atoms. The van der Waals surface area contributed by atoms with E-state index in [9.17, 15) is 9.59 Å². The summed E-state index contributed by atoms with van der Waals surface area (Å²) in [5, 5.41) is 3.25. The van der Waals surface area contributed by atoms with Crippen molar-refractivity contribution < 1.29 is 9.59 Å². The van der Waals surface area contributed by atoms with Gasteiger partial charge in [-0.1, -0.05) is 62.3 Å². The highest BCUT2D eigenvalue weighted by Gasteiger charge is 2.29. The Morgan fingerprint density at radius 2 is 1.22 bits per heavy atom. The normalized spacial score (nSPS) is 13.8. The van der Waals surface area contributed by atoms with Gasteiger partial charge in [0.15, 0.2) is 0 Å². The summed E-state index contributed by atoms with van der Waals surface area (Å²) < 4.78 is 0. The molecule has 0 aliphatic heterocycles. The smallest absolute Gasteiger partial charge is 0.272 e. The molecule has 0 aliphatic rings. The van der Waals surface area contributed by atoms with E-state index in [1.807, 2.05) is 40.0 Å². The number of rotatable bonds is 8. The number of hydrogen-bond donors (Lipinski definition) is 1. The van der Waals surface area contributed by atoms with Crippen LogP contribution in [0, 0.1) is 0 Å². The second-order valence-corrected chi connectivity index (χ2v) is 15.8. The molecule has 0 fully saturated rings. The molecule has 2 heterocycles. The van der Waals surface area contributed by atoms with Gasteiger partial charge in [-0.25, -0.2) is 9.97 Å². The molecule has 228 valence electrons. The molecular weight excluding hydrogens is 508 g/mol. The first kappa shape index (κ1) is 34.4. The van der Waals surface area contributed by atoms with E-state index in [1.54, 1.807) is 4.90 Å². The molecule has 6 nitrogen and oxygen atoms in total. The summed E-state index contributed by atoms with van der Waals surface area (Å²) in [6.45, 7) is 29.4. The number of aromatic nitrogens is 2. The third-order valence-corrected chi connectivity index (χ3v) is 7.88. The van der Waals surface area contributed by atoms with Crippen molar-refractivity contribution >= 4 is 11.8 Å². The van der Waals surface area contributed by atoms with Gasteiger partial charge >= 0.3 is 0 Å². The second kappa shape index (κ2) is 12.2. The highest BCUT2D eigenvalue weighted by atomic mass is 16.2. The van der Waals surface area contributed by atoms with Crippen LogP contribution in [-0.4, -0.2) is 44.8 Å². The molecule has 0 saturated heterocycles. The molecule has 2 aromatic rings. The zero-order valence-electron chi connectivity index (χ0n) is 28.5. The van der Waals surface area contributed by atoms with Crippen LogP contribution < -0.4 is 5.32 Å². The fourth-order valence-electron chi connectivity index (χ4n) is 4.37. The molecular formula is C35H56N4O2. The van der Waals surface area contributed by atoms with Gasteiger partial charge < -0.3 is 10.2 Å². The zero-order chi connectivity index (χ0) is 31.7. The first-order valence-corrected chi connectivity index (χ1v) is 15.1. The lowest BCUT2D eigenvalue weighted by Gasteiger charge is -2.32. The van der Waals surface area contributed by atoms with Crippen LogP contribution in [0.3, 0.4) is 0 Å². The second-order valence-electron chi connectivity index (χ2n) is 15.8. The lowest BCUT2D eigenvalue weighted by Crippen LogP contribution is -2.44. The number of carbonyl (C=O) groups excluding carboxylic acids is 2. The number of hydrogen-bond acceptors (Lipinski definition) is 4. The molecule has 41 heavy (non-hydrogen) atoms. The first-order valence-electron chi connectivity index (χ1n) is 15.1. The van der Waals surface area contributed by atoms with Crippen LogP contribution in [0.1, 0.15) is 165 Å². The molecule has 6 heteroatoms. The Labute approximate surface area is 250 Å². The van der Waals surface area contributed by atoms with Gasteiger partial charge in [0, 0.05) is 40.3 Å². The Morgan fingerprint density at radius 1 is 0.756 bits per heavy atom. The predicted molar refractivity (Wildman–Crippen MR) is 171 cm³/mol. The minimum Gasteiger partial charge on any atom is -0.346 e. The summed E-state index contributed by atoms with van der Waals surface area (Å²) in [6.07, 6.45) is 1.62. The van der Waals surface area contributed by atoms with Gasteiger partial charge in [-0.2, -0.15) is 0 Å². The monoisotopic (exact) mass is 564 g/mol. The van der Waals surface area contributed by atoms with E-state index in [1.165, 1.54) is 0 Å². The van der Waals surface area contributed by atoms with Crippen LogP contribution in [-0.2, 0) is 10.8 Å². The Bertz CT molecular complexity index is 1240. The first-order chi connectivity index (χ1) is 18.4. The van der Waals surface area contributed by atoms with Crippen LogP contribution in [0.25, 0.3) is 0 Å². The van der Waals surface area contributed by atoms with Gasteiger partial charge in [-0.05, 0) is 94.7 Å². The van der Waals surface area contributed by atoms with E-state index in [0.717, 1.165) is 35.4 Å². The molecule has 0 aromatic carbocycles. The summed E-state index contributed by atoms with van der Waals surface area (Å²) in [6, 6.07) is 8.13. The Kier molecular flexibility index (Phi) is 10.3. The number of nitrogens with one attached hydrogen (secondary N) is 1. The maximum absolute atomic E-state index is 13.4. The SMILES string of the molecule is CC(C)c1cc(C(=O)NC(C)(C)CCC(C)c2cc(C(=O)N(C)C(C)(C)C)nc(C(C)(C)C)c2)nc(C(C)(C)C)c1. The molecule has 1 unspecified atom stereocenters. The van der Waals surface area contributed by atoms with Crippen molar-refractivity contribution in [3.63, 3.8) is 0 Å². The van der Waals surface area contributed by atoms with E-state index in [0.29, 0.717) is 17.3 Å². The van der Waals surface area contributed by atoms with Crippen molar-refractivity contribution in [3.8, 4) is 0 Å². The van der Waals surface area contributed by atoms with Crippen LogP contribution in [0.5, 0.6) is 0 Å². The van der Waals surface area contributed by atoms with E-state index in [-0.39, 0.29) is 34.1 Å². The molecule has 1 atom stereocenters. The van der Waals surface area contributed by atoms with Crippen molar-refractivity contribution in [1.29, 1.82) is 0 Å². The largest absolute Gasteiger partial charge is 0.346 e. The Morgan fingerprint density at radius 3 is 1.68 bits per heavy atom. The Hall–Kier alpha value is -2.76. The van der Waals surface area contributed by atoms with Gasteiger partial charge in [0.25, 0.3) is 11.8 Å². The van der Waals surface area contributed by atoms with Crippen LogP contribution in [0.2, 0.25) is 0 Å². The van der Waals surface area contributed by atoms with Gasteiger partial charge in [0.1, 0.15) is 11.4 Å². The summed E-state index contributed by atoms with van der Waals surface area (Å²) in [7, 11) is 1.83. The molecule has 0 saturated carbocycles. The van der Waals surface area contributed by atoms with Crippen LogP contribution >= 0.6 is 0 Å². The quantitative estimate of drug-likeness (QED) is 0.351. The van der Waals surface area contributed by atoms with E-state index >= 15 is 0 Å². The average molecular weight is 565 g/mol. The molecule has 0 bridgehead atoms. The third kappa shape index (κ3) is 9.37. The molecule has 2 rings (SSSR count). The van der Waals surface area contributed by atoms with Crippen LogP contribution in [0.15, 0.2) is 24.3 Å². The standard InChI is InChI=1S/C35H56N4O2/c1-22(2)24-18-26(36-28(20-24)32(4,5)6)30(40)38-35(13,14)17-16-23(3)25-19-27(31(41)39(15)34(10,11)12)37-29(21-25)33(7,8)9/h18-23H,16-17H2,1-15H3,(H,38,40). The highest BCUT2D eigenvalue weighted by Crippen LogP contribution is 2.30. The van der Waals surface area contributed by atoms with Gasteiger partial charge in [0.2, 0.25) is 0 Å². The van der Waals surface area contributed by atoms with Gasteiger partial charge in [0.05, 0.1) is 0 Å². The highest BCUT2D eigenvalue weighted by molar-refractivity contribution is 5.93. The predicted octanol–water partition coefficient (Wildman–Crippen LogP) is 8.16. The summed E-state index contributed by atoms with van der Waals surface area (Å²) in [5.41, 5.74) is 3.92. The number of amides is 2. The molecule has 0 aliphatic carbocycles. The average Bonchev–Trinajstić information content (AvgIpc) is 2.83. The molecule has 0 radical (unpaired) electrons. The summed E-state index contributed by atoms with van der Waals surface area (Å²) in [4.78, 5) is 38.1. The van der Waals surface area contributed by atoms with Crippen molar-refractivity contribution in [2.75, 3.05) is 7.05 Å². The third-order valence-electron chi connectivity index (χ3n) is 7.88.